The highest BCUT2D eigenvalue weighted by Crippen LogP contribution is 2.31. The number of terminal acetylenes is 2. The van der Waals surface area contributed by atoms with E-state index in [4.69, 9.17) is 30.2 Å². The van der Waals surface area contributed by atoms with Crippen LogP contribution in [0.25, 0.3) is 27.6 Å². The van der Waals surface area contributed by atoms with E-state index in [-0.39, 0.29) is 89.3 Å². The Bertz CT molecular complexity index is 5160. The summed E-state index contributed by atoms with van der Waals surface area (Å²) in [6.45, 7) is 15.6. The molecule has 0 spiro atoms. The largest absolute Gasteiger partial charge is 0.351 e. The fourth-order valence-corrected chi connectivity index (χ4v) is 17.4. The lowest BCUT2D eigenvalue weighted by Crippen LogP contribution is -2.50. The first-order valence-corrected chi connectivity index (χ1v) is 44.9. The summed E-state index contributed by atoms with van der Waals surface area (Å²) in [6, 6.07) is 77.1. The molecule has 6 amide bonds. The number of likely N-dealkylation sites (tertiary alicyclic amines) is 1. The van der Waals surface area contributed by atoms with Crippen molar-refractivity contribution in [3.05, 3.63) is 315 Å². The molecule has 0 radical (unpaired) electrons. The molecule has 14 rings (SSSR count). The van der Waals surface area contributed by atoms with Crippen molar-refractivity contribution in [3.8, 4) is 24.7 Å². The second kappa shape index (κ2) is 48.0. The Labute approximate surface area is 742 Å². The van der Waals surface area contributed by atoms with Gasteiger partial charge in [-0.15, -0.1) is 12.8 Å². The summed E-state index contributed by atoms with van der Waals surface area (Å²) < 4.78 is 13.6. The molecule has 125 heavy (non-hydrogen) atoms. The van der Waals surface area contributed by atoms with Crippen LogP contribution in [0.2, 0.25) is 5.02 Å². The molecule has 8 N–H and O–H groups in total. The molecule has 10 aromatic rings. The number of benzene rings is 10. The zero-order valence-corrected chi connectivity index (χ0v) is 72.9. The van der Waals surface area contributed by atoms with Crippen molar-refractivity contribution >= 4 is 74.7 Å². The molecule has 4 aliphatic heterocycles. The Balaban J connectivity index is 0.000000172. The number of nitrogens with zero attached hydrogens (tertiary/aromatic N) is 5. The van der Waals surface area contributed by atoms with Crippen molar-refractivity contribution in [1.82, 2.24) is 56.4 Å². The second-order valence-electron chi connectivity index (χ2n) is 33.0. The van der Waals surface area contributed by atoms with Crippen LogP contribution in [0.4, 0.5) is 4.39 Å². The molecule has 650 valence electrons. The van der Waals surface area contributed by atoms with Crippen LogP contribution in [0.5, 0.6) is 0 Å². The van der Waals surface area contributed by atoms with E-state index in [2.05, 4.69) is 164 Å². The van der Waals surface area contributed by atoms with Crippen molar-refractivity contribution in [2.75, 3.05) is 98.2 Å². The topological polar surface area (TPSA) is 217 Å². The highest BCUT2D eigenvalue weighted by molar-refractivity contribution is 6.30. The minimum absolute atomic E-state index is 0.0135. The van der Waals surface area contributed by atoms with E-state index in [0.29, 0.717) is 106 Å². The fraction of sp³-hybridized carbons (Fsp3) is 0.352. The highest BCUT2D eigenvalue weighted by Gasteiger charge is 2.36. The summed E-state index contributed by atoms with van der Waals surface area (Å²) in [6.07, 6.45) is 24.3. The van der Waals surface area contributed by atoms with Crippen LogP contribution >= 0.6 is 11.6 Å². The first-order valence-electron chi connectivity index (χ1n) is 44.5. The normalized spacial score (nSPS) is 18.3. The number of amides is 6. The Morgan fingerprint density at radius 2 is 0.936 bits per heavy atom. The van der Waals surface area contributed by atoms with Gasteiger partial charge in [0, 0.05) is 129 Å². The number of carbonyl (C=O) groups is 6. The van der Waals surface area contributed by atoms with Gasteiger partial charge in [0.1, 0.15) is 5.82 Å². The molecule has 20 heteroatoms. The lowest BCUT2D eigenvalue weighted by molar-refractivity contribution is -0.134. The monoisotopic (exact) mass is 1700 g/mol. The summed E-state index contributed by atoms with van der Waals surface area (Å²) in [4.78, 5) is 91.2. The first-order chi connectivity index (χ1) is 61.0. The molecule has 10 aromatic carbocycles. The van der Waals surface area contributed by atoms with E-state index in [1.807, 2.05) is 106 Å². The van der Waals surface area contributed by atoms with E-state index in [9.17, 15) is 33.2 Å². The predicted octanol–water partition coefficient (Wildman–Crippen LogP) is 15.0. The standard InChI is InChI=1S/C39H45FN4O2.C35H43ClN4O2.C31H32N4O2/c40-34-19-18-31-25-33(17-16-32(31)26-34)38(45)41-27-35-20-24-44(39(46)37(42-35)15-10-23-43-21-8-3-9-22-43)28-36(29-11-4-1-5-12-29)30-13-6-2-7-14-30;1-3-39(4-2)23-22-33-35(42)40(26-32(28-11-7-5-8-12-28)29-13-9-6-10-14-29)24-21-31(38-33)25-37-34(41)20-17-27-15-18-30(36)19-16-27;1-3-22-16-23(4-2)18-24(17-22)21-35-15-13-28(34-29(31(35)37)10-7-14-32)20-33-30(36)27-12-11-25-8-5-6-9-26(25)19-27/h1-2,4-7,11-14,16-19,25-26,35-37,42H,3,8-10,15,20-24,27-28H2,(H,41,45);5-20,31-33,38H,3-4,21-26H2,1-2H3,(H,37,41);1-2,5-6,8-9,11-12,16-19,28-29,34H,7,10,13-15,20-21,32H2,(H,33,36)/b;20-17+;/t35-,37-;31-,33-;28-,29-/m000/s1. The van der Waals surface area contributed by atoms with Gasteiger partial charge >= 0.3 is 0 Å². The van der Waals surface area contributed by atoms with E-state index >= 15 is 0 Å². The average molecular weight is 1700 g/mol. The number of carbonyl (C=O) groups excluding carboxylic acids is 6. The Morgan fingerprint density at radius 1 is 0.504 bits per heavy atom. The van der Waals surface area contributed by atoms with E-state index in [0.717, 1.165) is 110 Å². The van der Waals surface area contributed by atoms with Crippen LogP contribution in [0.15, 0.2) is 249 Å². The third kappa shape index (κ3) is 27.7. The molecule has 0 bridgehead atoms. The third-order valence-corrected chi connectivity index (χ3v) is 24.6. The van der Waals surface area contributed by atoms with Crippen LogP contribution in [-0.2, 0) is 25.7 Å². The van der Waals surface area contributed by atoms with Gasteiger partial charge in [-0.1, -0.05) is 220 Å². The molecule has 0 aromatic heterocycles. The summed E-state index contributed by atoms with van der Waals surface area (Å²) in [5.74, 6) is 4.95. The molecule has 0 unspecified atom stereocenters. The van der Waals surface area contributed by atoms with Crippen LogP contribution in [-0.4, -0.2) is 194 Å². The molecule has 0 saturated carbocycles. The van der Waals surface area contributed by atoms with Gasteiger partial charge in [-0.3, -0.25) is 28.8 Å². The minimum atomic E-state index is -0.378. The Kier molecular flexibility index (Phi) is 35.6. The molecule has 4 aliphatic rings. The quantitative estimate of drug-likeness (QED) is 0.0155. The molecular formula is C105H120ClFN12O6. The molecule has 4 fully saturated rings. The number of hydrogen-bond donors (Lipinski definition) is 7. The number of rotatable bonds is 32. The Hall–Kier alpha value is -11.6. The molecule has 0 aliphatic carbocycles. The zero-order valence-electron chi connectivity index (χ0n) is 72.1. The van der Waals surface area contributed by atoms with Gasteiger partial charge in [0.25, 0.3) is 11.8 Å². The second-order valence-corrected chi connectivity index (χ2v) is 33.4. The van der Waals surface area contributed by atoms with Gasteiger partial charge in [-0.2, -0.15) is 0 Å². The van der Waals surface area contributed by atoms with Gasteiger partial charge in [-0.25, -0.2) is 4.39 Å². The maximum absolute atomic E-state index is 14.2. The molecule has 4 saturated heterocycles. The lowest BCUT2D eigenvalue weighted by atomic mass is 9.90. The molecular weight excluding hydrogens is 1580 g/mol. The van der Waals surface area contributed by atoms with Crippen LogP contribution in [0.1, 0.15) is 162 Å². The maximum atomic E-state index is 14.2. The number of hydrogen-bond acceptors (Lipinski definition) is 12. The summed E-state index contributed by atoms with van der Waals surface area (Å²) in [5, 5.41) is 24.3. The Morgan fingerprint density at radius 3 is 1.43 bits per heavy atom. The van der Waals surface area contributed by atoms with Crippen molar-refractivity contribution in [2.24, 2.45) is 5.73 Å². The smallest absolute Gasteiger partial charge is 0.251 e. The van der Waals surface area contributed by atoms with Crippen molar-refractivity contribution < 1.29 is 33.2 Å². The zero-order chi connectivity index (χ0) is 87.7. The summed E-state index contributed by atoms with van der Waals surface area (Å²) in [7, 11) is 0. The number of nitrogens with one attached hydrogen (secondary N) is 6. The van der Waals surface area contributed by atoms with Crippen LogP contribution in [0, 0.1) is 30.5 Å². The van der Waals surface area contributed by atoms with Gasteiger partial charge < -0.3 is 62.1 Å². The molecule has 18 nitrogen and oxygen atoms in total. The predicted molar refractivity (Wildman–Crippen MR) is 503 cm³/mol. The van der Waals surface area contributed by atoms with Crippen LogP contribution < -0.4 is 37.6 Å². The van der Waals surface area contributed by atoms with E-state index in [1.165, 1.54) is 53.6 Å². The summed E-state index contributed by atoms with van der Waals surface area (Å²) in [5.41, 5.74) is 14.9. The van der Waals surface area contributed by atoms with Crippen molar-refractivity contribution in [1.29, 1.82) is 0 Å². The van der Waals surface area contributed by atoms with E-state index < -0.39 is 0 Å². The summed E-state index contributed by atoms with van der Waals surface area (Å²) >= 11 is 5.96. The molecule has 6 atom stereocenters. The lowest BCUT2D eigenvalue weighted by Gasteiger charge is -2.30. The van der Waals surface area contributed by atoms with Gasteiger partial charge in [-0.05, 0) is 231 Å². The van der Waals surface area contributed by atoms with Gasteiger partial charge in [0.15, 0.2) is 0 Å². The fourth-order valence-electron chi connectivity index (χ4n) is 17.3. The van der Waals surface area contributed by atoms with Crippen molar-refractivity contribution in [3.63, 3.8) is 0 Å². The van der Waals surface area contributed by atoms with Crippen LogP contribution in [0.3, 0.4) is 0 Å². The van der Waals surface area contributed by atoms with E-state index in [1.54, 1.807) is 54.6 Å². The average Bonchev–Trinajstić information content (AvgIpc) is 1.83. The first kappa shape index (κ1) is 92.6. The molecule has 4 heterocycles. The SMILES string of the molecule is C#Cc1cc(C#C)cc(CN2CC[C@@H](CNC(=O)c3ccc4ccccc4c3)N[C@@H](CCCN)C2=O)c1.CCN(CC)CC[C@@H]1N[C@H](CNC(=O)/C=C/c2ccc(Cl)cc2)CCN(CC(c2ccccc2)c2ccccc2)C1=O.O=C(NC[C@@H]1CCN(CC(c2ccccc2)c2ccccc2)C(=O)[C@H](CCCN2CCCCC2)N1)c1ccc2cc(F)ccc2c1. The van der Waals surface area contributed by atoms with Crippen molar-refractivity contribution in [2.45, 2.75) is 139 Å². The highest BCUT2D eigenvalue weighted by atomic mass is 35.5. The third-order valence-electron chi connectivity index (χ3n) is 24.4. The number of nitrogens with two attached hydrogens (primary N) is 1. The maximum Gasteiger partial charge on any atom is 0.251 e. The van der Waals surface area contributed by atoms with Gasteiger partial charge in [0.05, 0.1) is 18.1 Å². The van der Waals surface area contributed by atoms with Gasteiger partial charge in [0.2, 0.25) is 23.6 Å². The number of fused-ring (bicyclic) bond motifs is 2. The number of halogens is 2. The minimum Gasteiger partial charge on any atom is -0.351 e. The number of piperidine rings is 1.